The summed E-state index contributed by atoms with van der Waals surface area (Å²) in [5, 5.41) is 0. The van der Waals surface area contributed by atoms with Crippen LogP contribution in [0.2, 0.25) is 0 Å². The van der Waals surface area contributed by atoms with Crippen LogP contribution < -0.4 is 0 Å². The van der Waals surface area contributed by atoms with E-state index in [4.69, 9.17) is 14.2 Å². The van der Waals surface area contributed by atoms with Crippen molar-refractivity contribution in [3.05, 3.63) is 0 Å². The highest BCUT2D eigenvalue weighted by atomic mass is 16.5. The molecule has 1 atom stereocenters. The van der Waals surface area contributed by atoms with Crippen LogP contribution in [0, 0.1) is 23.7 Å². The second-order valence-corrected chi connectivity index (χ2v) is 18.4. The van der Waals surface area contributed by atoms with Crippen LogP contribution in [0.3, 0.4) is 0 Å². The standard InChI is InChI=1S/C51H97NO6/c1-6-10-14-16-20-30-46(31-21-17-15-11-7-2)35-27-43-57-50(54)37-25-19-23-33-47(44-58-51(55)48-38-40-52(5)41-39-48)32-22-18-24-36-49(53)56-42-26-34-45(28-12-8-3)29-13-9-4/h45-48H,6-44H2,1-5H3. The smallest absolute Gasteiger partial charge is 0.309 e. The molecule has 7 nitrogen and oxygen atoms in total. The molecule has 1 fully saturated rings. The van der Waals surface area contributed by atoms with Gasteiger partial charge in [-0.05, 0) is 102 Å². The van der Waals surface area contributed by atoms with E-state index in [-0.39, 0.29) is 23.8 Å². The Balaban J connectivity index is 2.38. The Morgan fingerprint density at radius 2 is 0.810 bits per heavy atom. The van der Waals surface area contributed by atoms with Crippen LogP contribution in [0.5, 0.6) is 0 Å². The largest absolute Gasteiger partial charge is 0.466 e. The third-order valence-corrected chi connectivity index (χ3v) is 12.9. The Morgan fingerprint density at radius 1 is 0.448 bits per heavy atom. The first-order valence-corrected chi connectivity index (χ1v) is 25.5. The van der Waals surface area contributed by atoms with Crippen LogP contribution in [0.4, 0.5) is 0 Å². The van der Waals surface area contributed by atoms with Crippen LogP contribution in [0.15, 0.2) is 0 Å². The first-order chi connectivity index (χ1) is 28.3. The number of nitrogens with zero attached hydrogens (tertiary/aromatic N) is 1. The molecular weight excluding hydrogens is 723 g/mol. The summed E-state index contributed by atoms with van der Waals surface area (Å²) in [4.78, 5) is 40.2. The van der Waals surface area contributed by atoms with Crippen LogP contribution in [-0.2, 0) is 28.6 Å². The average Bonchev–Trinajstić information content (AvgIpc) is 3.22. The van der Waals surface area contributed by atoms with Gasteiger partial charge in [0, 0.05) is 12.8 Å². The second-order valence-electron chi connectivity index (χ2n) is 18.4. The molecule has 1 heterocycles. The summed E-state index contributed by atoms with van der Waals surface area (Å²) in [6.45, 7) is 12.6. The molecule has 0 amide bonds. The first kappa shape index (κ1) is 54.4. The molecule has 0 saturated carbocycles. The van der Waals surface area contributed by atoms with E-state index in [2.05, 4.69) is 39.6 Å². The Hall–Kier alpha value is -1.63. The van der Waals surface area contributed by atoms with Crippen molar-refractivity contribution in [3.8, 4) is 0 Å². The highest BCUT2D eigenvalue weighted by Gasteiger charge is 2.25. The van der Waals surface area contributed by atoms with Crippen LogP contribution in [0.1, 0.15) is 246 Å². The Kier molecular flexibility index (Phi) is 37.0. The van der Waals surface area contributed by atoms with E-state index < -0.39 is 0 Å². The van der Waals surface area contributed by atoms with Crippen molar-refractivity contribution in [2.75, 3.05) is 40.0 Å². The summed E-state index contributed by atoms with van der Waals surface area (Å²) >= 11 is 0. The lowest BCUT2D eigenvalue weighted by atomic mass is 9.90. The fraction of sp³-hybridized carbons (Fsp3) is 0.941. The van der Waals surface area contributed by atoms with Gasteiger partial charge in [-0.2, -0.15) is 0 Å². The van der Waals surface area contributed by atoms with Gasteiger partial charge >= 0.3 is 17.9 Å². The van der Waals surface area contributed by atoms with Gasteiger partial charge in [0.25, 0.3) is 0 Å². The molecule has 0 aliphatic carbocycles. The molecule has 7 heteroatoms. The molecule has 58 heavy (non-hydrogen) atoms. The van der Waals surface area contributed by atoms with Gasteiger partial charge in [-0.25, -0.2) is 0 Å². The molecule has 0 radical (unpaired) electrons. The van der Waals surface area contributed by atoms with E-state index in [1.807, 2.05) is 0 Å². The zero-order valence-electron chi connectivity index (χ0n) is 39.3. The molecule has 0 bridgehead atoms. The molecule has 1 aliphatic rings. The van der Waals surface area contributed by atoms with Crippen molar-refractivity contribution in [1.82, 2.24) is 4.90 Å². The van der Waals surface area contributed by atoms with E-state index in [9.17, 15) is 14.4 Å². The third kappa shape index (κ3) is 32.2. The normalized spacial score (nSPS) is 14.3. The number of likely N-dealkylation sites (tertiary alicyclic amines) is 1. The SMILES string of the molecule is CCCCCCCC(CCCCCCC)CCCOC(=O)CCCCCC(CCCCCC(=O)OCCCC(CCCC)CCCC)COC(=O)C1CCN(C)CC1. The summed E-state index contributed by atoms with van der Waals surface area (Å²) in [5.74, 6) is 1.73. The van der Waals surface area contributed by atoms with Crippen molar-refractivity contribution >= 4 is 17.9 Å². The first-order valence-electron chi connectivity index (χ1n) is 25.5. The molecule has 0 aromatic rings. The lowest BCUT2D eigenvalue weighted by Gasteiger charge is -2.28. The number of unbranched alkanes of at least 4 members (excludes halogenated alkanes) is 14. The molecule has 1 saturated heterocycles. The lowest BCUT2D eigenvalue weighted by Crippen LogP contribution is -2.34. The molecule has 1 aliphatic heterocycles. The minimum absolute atomic E-state index is 0.0180. The zero-order valence-corrected chi connectivity index (χ0v) is 39.3. The fourth-order valence-corrected chi connectivity index (χ4v) is 8.82. The molecule has 0 aromatic heterocycles. The summed E-state index contributed by atoms with van der Waals surface area (Å²) in [5.41, 5.74) is 0. The van der Waals surface area contributed by atoms with Crippen LogP contribution >= 0.6 is 0 Å². The lowest BCUT2D eigenvalue weighted by molar-refractivity contribution is -0.152. The highest BCUT2D eigenvalue weighted by molar-refractivity contribution is 5.72. The van der Waals surface area contributed by atoms with Gasteiger partial charge in [0.2, 0.25) is 0 Å². The van der Waals surface area contributed by atoms with E-state index in [1.54, 1.807) is 0 Å². The number of ether oxygens (including phenoxy) is 3. The zero-order chi connectivity index (χ0) is 42.3. The van der Waals surface area contributed by atoms with E-state index in [0.717, 1.165) is 102 Å². The Labute approximate surface area is 360 Å². The molecule has 1 rings (SSSR count). The molecule has 0 spiro atoms. The predicted octanol–water partition coefficient (Wildman–Crippen LogP) is 14.4. The van der Waals surface area contributed by atoms with Crippen LogP contribution in [-0.4, -0.2) is 62.8 Å². The molecule has 1 unspecified atom stereocenters. The fourth-order valence-electron chi connectivity index (χ4n) is 8.82. The number of piperidine rings is 1. The maximum absolute atomic E-state index is 12.9. The van der Waals surface area contributed by atoms with Gasteiger partial charge in [0.1, 0.15) is 0 Å². The van der Waals surface area contributed by atoms with Gasteiger partial charge in [-0.1, -0.05) is 169 Å². The molecular formula is C51H97NO6. The van der Waals surface area contributed by atoms with Crippen molar-refractivity contribution in [2.45, 2.75) is 246 Å². The molecule has 0 N–H and O–H groups in total. The van der Waals surface area contributed by atoms with Crippen LogP contribution in [0.25, 0.3) is 0 Å². The number of esters is 3. The summed E-state index contributed by atoms with van der Waals surface area (Å²) in [7, 11) is 2.11. The van der Waals surface area contributed by atoms with Gasteiger partial charge in [0.05, 0.1) is 25.7 Å². The van der Waals surface area contributed by atoms with Crippen molar-refractivity contribution in [1.29, 1.82) is 0 Å². The number of rotatable bonds is 41. The summed E-state index contributed by atoms with van der Waals surface area (Å²) < 4.78 is 17.2. The predicted molar refractivity (Wildman–Crippen MR) is 244 cm³/mol. The molecule has 342 valence electrons. The third-order valence-electron chi connectivity index (χ3n) is 12.9. The summed E-state index contributed by atoms with van der Waals surface area (Å²) in [6.07, 6.45) is 38.5. The summed E-state index contributed by atoms with van der Waals surface area (Å²) in [6, 6.07) is 0. The van der Waals surface area contributed by atoms with E-state index >= 15 is 0 Å². The van der Waals surface area contributed by atoms with Crippen molar-refractivity contribution in [3.63, 3.8) is 0 Å². The minimum atomic E-state index is -0.0636. The number of carbonyl (C=O) groups is 3. The van der Waals surface area contributed by atoms with E-state index in [0.29, 0.717) is 38.6 Å². The topological polar surface area (TPSA) is 82.1 Å². The van der Waals surface area contributed by atoms with Crippen molar-refractivity contribution in [2.24, 2.45) is 23.7 Å². The average molecular weight is 820 g/mol. The number of hydrogen-bond donors (Lipinski definition) is 0. The number of hydrogen-bond acceptors (Lipinski definition) is 7. The van der Waals surface area contributed by atoms with Crippen molar-refractivity contribution < 1.29 is 28.6 Å². The molecule has 0 aromatic carbocycles. The van der Waals surface area contributed by atoms with Gasteiger partial charge in [-0.3, -0.25) is 14.4 Å². The monoisotopic (exact) mass is 820 g/mol. The maximum atomic E-state index is 12.9. The van der Waals surface area contributed by atoms with Gasteiger partial charge in [-0.15, -0.1) is 0 Å². The Morgan fingerprint density at radius 3 is 1.24 bits per heavy atom. The maximum Gasteiger partial charge on any atom is 0.309 e. The minimum Gasteiger partial charge on any atom is -0.466 e. The number of carbonyl (C=O) groups excluding carboxylic acids is 3. The quantitative estimate of drug-likeness (QED) is 0.0345. The highest BCUT2D eigenvalue weighted by Crippen LogP contribution is 2.25. The Bertz CT molecular complexity index is 927. The van der Waals surface area contributed by atoms with Gasteiger partial charge in [0.15, 0.2) is 0 Å². The van der Waals surface area contributed by atoms with E-state index in [1.165, 1.54) is 128 Å². The van der Waals surface area contributed by atoms with Gasteiger partial charge < -0.3 is 19.1 Å². The second kappa shape index (κ2) is 39.5.